The Morgan fingerprint density at radius 2 is 1.74 bits per heavy atom. The Morgan fingerprint density at radius 3 is 2.32 bits per heavy atom. The second kappa shape index (κ2) is 9.54. The molecule has 1 aromatic rings. The number of aliphatic carboxylic acids is 1. The molecule has 1 amide bonds. The number of hydrogen-bond acceptors (Lipinski definition) is 3. The quantitative estimate of drug-likeness (QED) is 0.707. The predicted molar refractivity (Wildman–Crippen MR) is 106 cm³/mol. The zero-order chi connectivity index (χ0) is 22.6. The summed E-state index contributed by atoms with van der Waals surface area (Å²) in [6.45, 7) is 4.17. The number of alkyl halides is 3. The molecule has 5 nitrogen and oxygen atoms in total. The van der Waals surface area contributed by atoms with E-state index < -0.39 is 12.1 Å². The summed E-state index contributed by atoms with van der Waals surface area (Å²) in [7, 11) is 0. The standard InChI is InChI=1S/C20H27FN2O.C2HF3O2/c21-18-6-4-17(5-7-18)15-23-19(24)8-10-20(23)9-1-12-22(13-11-20)14-16-2-3-16;3-2(4,5)1(6)7/h4-7,16H,1-3,8-15H2;(H,6,7). The van der Waals surface area contributed by atoms with Gasteiger partial charge in [0, 0.05) is 31.6 Å². The predicted octanol–water partition coefficient (Wildman–Crippen LogP) is 4.22. The van der Waals surface area contributed by atoms with Crippen LogP contribution in [0.4, 0.5) is 17.6 Å². The molecule has 2 heterocycles. The molecule has 2 saturated heterocycles. The first-order chi connectivity index (χ1) is 14.6. The summed E-state index contributed by atoms with van der Waals surface area (Å²) in [6, 6.07) is 6.61. The number of rotatable bonds is 4. The Morgan fingerprint density at radius 1 is 1.10 bits per heavy atom. The SMILES string of the molecule is O=C(O)C(F)(F)F.O=C1CCC2(CCCN(CC3CC3)CC2)N1Cc1ccc(F)cc1. The maximum absolute atomic E-state index is 13.1. The van der Waals surface area contributed by atoms with Gasteiger partial charge in [-0.3, -0.25) is 4.79 Å². The average molecular weight is 444 g/mol. The van der Waals surface area contributed by atoms with Crippen molar-refractivity contribution in [3.05, 3.63) is 35.6 Å². The fourth-order valence-electron chi connectivity index (χ4n) is 4.51. The highest BCUT2D eigenvalue weighted by Gasteiger charge is 2.45. The van der Waals surface area contributed by atoms with Crippen LogP contribution >= 0.6 is 0 Å². The number of carbonyl (C=O) groups is 2. The van der Waals surface area contributed by atoms with Gasteiger partial charge >= 0.3 is 12.1 Å². The lowest BCUT2D eigenvalue weighted by Crippen LogP contribution is -2.46. The van der Waals surface area contributed by atoms with Gasteiger partial charge in [0.1, 0.15) is 5.82 Å². The van der Waals surface area contributed by atoms with Gasteiger partial charge < -0.3 is 14.9 Å². The van der Waals surface area contributed by atoms with Gasteiger partial charge in [-0.1, -0.05) is 12.1 Å². The maximum atomic E-state index is 13.1. The molecule has 0 aromatic heterocycles. The van der Waals surface area contributed by atoms with Crippen molar-refractivity contribution in [1.29, 1.82) is 0 Å². The second-order valence-electron chi connectivity index (χ2n) is 8.73. The van der Waals surface area contributed by atoms with Gasteiger partial charge in [0.15, 0.2) is 0 Å². The van der Waals surface area contributed by atoms with E-state index in [1.165, 1.54) is 44.5 Å². The molecular weight excluding hydrogens is 416 g/mol. The largest absolute Gasteiger partial charge is 0.490 e. The first-order valence-corrected chi connectivity index (χ1v) is 10.7. The summed E-state index contributed by atoms with van der Waals surface area (Å²) in [5.41, 5.74) is 1.06. The van der Waals surface area contributed by atoms with Crippen LogP contribution in [-0.2, 0) is 16.1 Å². The number of hydrogen-bond donors (Lipinski definition) is 1. The van der Waals surface area contributed by atoms with Crippen LogP contribution in [-0.4, -0.2) is 58.1 Å². The van der Waals surface area contributed by atoms with Crippen molar-refractivity contribution in [2.45, 2.75) is 63.2 Å². The van der Waals surface area contributed by atoms with Gasteiger partial charge in [0.2, 0.25) is 5.91 Å². The number of nitrogens with zero attached hydrogens (tertiary/aromatic N) is 2. The van der Waals surface area contributed by atoms with E-state index in [2.05, 4.69) is 9.80 Å². The maximum Gasteiger partial charge on any atom is 0.490 e. The highest BCUT2D eigenvalue weighted by Crippen LogP contribution is 2.41. The van der Waals surface area contributed by atoms with Crippen molar-refractivity contribution in [2.75, 3.05) is 19.6 Å². The van der Waals surface area contributed by atoms with E-state index in [4.69, 9.17) is 9.90 Å². The zero-order valence-corrected chi connectivity index (χ0v) is 17.3. The van der Waals surface area contributed by atoms with E-state index >= 15 is 0 Å². The molecule has 4 rings (SSSR count). The number of carboxylic acids is 1. The molecule has 1 saturated carbocycles. The van der Waals surface area contributed by atoms with Crippen LogP contribution in [0.15, 0.2) is 24.3 Å². The monoisotopic (exact) mass is 444 g/mol. The van der Waals surface area contributed by atoms with Crippen LogP contribution in [0, 0.1) is 11.7 Å². The summed E-state index contributed by atoms with van der Waals surface area (Å²) in [4.78, 5) is 26.2. The lowest BCUT2D eigenvalue weighted by molar-refractivity contribution is -0.192. The minimum Gasteiger partial charge on any atom is -0.475 e. The van der Waals surface area contributed by atoms with Gasteiger partial charge in [-0.2, -0.15) is 13.2 Å². The lowest BCUT2D eigenvalue weighted by Gasteiger charge is -2.38. The summed E-state index contributed by atoms with van der Waals surface area (Å²) in [5.74, 6) is -1.77. The van der Waals surface area contributed by atoms with E-state index in [1.54, 1.807) is 0 Å². The Bertz CT molecular complexity index is 780. The van der Waals surface area contributed by atoms with Crippen molar-refractivity contribution in [1.82, 2.24) is 9.80 Å². The Labute approximate surface area is 179 Å². The first-order valence-electron chi connectivity index (χ1n) is 10.7. The molecule has 1 unspecified atom stereocenters. The normalized spacial score (nSPS) is 24.6. The average Bonchev–Trinajstić information content (AvgIpc) is 3.49. The molecule has 0 bridgehead atoms. The number of halogens is 4. The van der Waals surface area contributed by atoms with Crippen molar-refractivity contribution < 1.29 is 32.3 Å². The molecular formula is C22H28F4N2O3. The summed E-state index contributed by atoms with van der Waals surface area (Å²) in [6.07, 6.45) is 2.76. The summed E-state index contributed by atoms with van der Waals surface area (Å²) in [5, 5.41) is 7.12. The van der Waals surface area contributed by atoms with Gasteiger partial charge in [0.05, 0.1) is 0 Å². The molecule has 2 aliphatic heterocycles. The van der Waals surface area contributed by atoms with Gasteiger partial charge in [-0.05, 0) is 68.7 Å². The molecule has 31 heavy (non-hydrogen) atoms. The van der Waals surface area contributed by atoms with E-state index in [1.807, 2.05) is 12.1 Å². The Balaban J connectivity index is 0.000000339. The van der Waals surface area contributed by atoms with Crippen LogP contribution in [0.3, 0.4) is 0 Å². The molecule has 1 aromatic carbocycles. The topological polar surface area (TPSA) is 60.9 Å². The highest BCUT2D eigenvalue weighted by atomic mass is 19.4. The first kappa shape index (κ1) is 23.5. The number of carboxylic acid groups (broad SMARTS) is 1. The minimum atomic E-state index is -5.08. The smallest absolute Gasteiger partial charge is 0.475 e. The van der Waals surface area contributed by atoms with E-state index in [0.29, 0.717) is 13.0 Å². The Hall–Kier alpha value is -2.16. The van der Waals surface area contributed by atoms with Crippen molar-refractivity contribution >= 4 is 11.9 Å². The van der Waals surface area contributed by atoms with Crippen LogP contribution in [0.1, 0.15) is 50.5 Å². The highest BCUT2D eigenvalue weighted by molar-refractivity contribution is 5.79. The van der Waals surface area contributed by atoms with Crippen molar-refractivity contribution in [3.8, 4) is 0 Å². The fourth-order valence-corrected chi connectivity index (χ4v) is 4.51. The van der Waals surface area contributed by atoms with Gasteiger partial charge in [-0.15, -0.1) is 0 Å². The number of likely N-dealkylation sites (tertiary alicyclic amines) is 2. The Kier molecular flexibility index (Phi) is 7.24. The lowest BCUT2D eigenvalue weighted by atomic mass is 9.87. The third-order valence-corrected chi connectivity index (χ3v) is 6.40. The third-order valence-electron chi connectivity index (χ3n) is 6.40. The molecule has 1 spiro atoms. The van der Waals surface area contributed by atoms with Crippen LogP contribution in [0.2, 0.25) is 0 Å². The molecule has 3 aliphatic rings. The van der Waals surface area contributed by atoms with E-state index in [0.717, 1.165) is 37.3 Å². The van der Waals surface area contributed by atoms with Crippen molar-refractivity contribution in [2.24, 2.45) is 5.92 Å². The molecule has 172 valence electrons. The molecule has 3 fully saturated rings. The zero-order valence-electron chi connectivity index (χ0n) is 17.3. The van der Waals surface area contributed by atoms with Crippen LogP contribution < -0.4 is 0 Å². The number of benzene rings is 1. The molecule has 1 aliphatic carbocycles. The molecule has 0 radical (unpaired) electrons. The molecule has 1 N–H and O–H groups in total. The van der Waals surface area contributed by atoms with Crippen LogP contribution in [0.25, 0.3) is 0 Å². The number of amides is 1. The van der Waals surface area contributed by atoms with Gasteiger partial charge in [-0.25, -0.2) is 9.18 Å². The third kappa shape index (κ3) is 6.41. The van der Waals surface area contributed by atoms with Crippen molar-refractivity contribution in [3.63, 3.8) is 0 Å². The molecule has 1 atom stereocenters. The van der Waals surface area contributed by atoms with Crippen LogP contribution in [0.5, 0.6) is 0 Å². The fraction of sp³-hybridized carbons (Fsp3) is 0.636. The summed E-state index contributed by atoms with van der Waals surface area (Å²) >= 11 is 0. The number of carbonyl (C=O) groups excluding carboxylic acids is 1. The minimum absolute atomic E-state index is 0.0315. The van der Waals surface area contributed by atoms with E-state index in [-0.39, 0.29) is 17.3 Å². The molecule has 9 heteroatoms. The van der Waals surface area contributed by atoms with E-state index in [9.17, 15) is 22.4 Å². The summed E-state index contributed by atoms with van der Waals surface area (Å²) < 4.78 is 44.9. The van der Waals surface area contributed by atoms with Gasteiger partial charge in [0.25, 0.3) is 0 Å². The second-order valence-corrected chi connectivity index (χ2v) is 8.73.